The van der Waals surface area contributed by atoms with Crippen LogP contribution in [0.2, 0.25) is 0 Å². The van der Waals surface area contributed by atoms with Crippen LogP contribution in [-0.2, 0) is 11.3 Å². The first-order valence-corrected chi connectivity index (χ1v) is 7.21. The number of carbonyl (C=O) groups is 2. The maximum absolute atomic E-state index is 12.2. The second kappa shape index (κ2) is 6.56. The predicted octanol–water partition coefficient (Wildman–Crippen LogP) is 0.466. The predicted molar refractivity (Wildman–Crippen MR) is 79.1 cm³/mol. The van der Waals surface area contributed by atoms with Crippen LogP contribution < -0.4 is 10.9 Å². The third-order valence-electron chi connectivity index (χ3n) is 3.91. The van der Waals surface area contributed by atoms with Crippen molar-refractivity contribution in [1.82, 2.24) is 14.8 Å². The first kappa shape index (κ1) is 15.3. The Kier molecular flexibility index (Phi) is 4.77. The van der Waals surface area contributed by atoms with Gasteiger partial charge in [0.15, 0.2) is 0 Å². The molecule has 1 saturated heterocycles. The molecule has 1 N–H and O–H groups in total. The first-order valence-electron chi connectivity index (χ1n) is 7.21. The lowest BCUT2D eigenvalue weighted by atomic mass is 9.99. The van der Waals surface area contributed by atoms with Crippen LogP contribution in [0.1, 0.15) is 30.1 Å². The third kappa shape index (κ3) is 3.71. The highest BCUT2D eigenvalue weighted by Crippen LogP contribution is 2.16. The van der Waals surface area contributed by atoms with E-state index in [1.54, 1.807) is 4.90 Å². The second-order valence-corrected chi connectivity index (χ2v) is 5.53. The summed E-state index contributed by atoms with van der Waals surface area (Å²) in [5, 5.41) is 2.50. The summed E-state index contributed by atoms with van der Waals surface area (Å²) in [6, 6.07) is 2.78. The van der Waals surface area contributed by atoms with Gasteiger partial charge in [-0.2, -0.15) is 0 Å². The number of pyridine rings is 1. The average molecular weight is 291 g/mol. The standard InChI is InChI=1S/C15H21N3O3/c1-11-5-7-17(8-6-11)14(20)10-18-9-12(15(21)16-2)3-4-13(18)19/h3-4,9,11H,5-8,10H2,1-2H3,(H,16,21). The van der Waals surface area contributed by atoms with Gasteiger partial charge in [0.25, 0.3) is 11.5 Å². The van der Waals surface area contributed by atoms with Crippen LogP contribution in [0, 0.1) is 5.92 Å². The number of piperidine rings is 1. The van der Waals surface area contributed by atoms with E-state index in [2.05, 4.69) is 12.2 Å². The van der Waals surface area contributed by atoms with Crippen molar-refractivity contribution in [1.29, 1.82) is 0 Å². The average Bonchev–Trinajstić information content (AvgIpc) is 2.49. The fourth-order valence-electron chi connectivity index (χ4n) is 2.44. The molecule has 1 aromatic rings. The van der Waals surface area contributed by atoms with Crippen molar-refractivity contribution in [3.63, 3.8) is 0 Å². The Morgan fingerprint density at radius 2 is 1.95 bits per heavy atom. The zero-order valence-electron chi connectivity index (χ0n) is 12.5. The highest BCUT2D eigenvalue weighted by Gasteiger charge is 2.20. The number of amides is 2. The molecule has 6 heteroatoms. The van der Waals surface area contributed by atoms with Crippen LogP contribution in [-0.4, -0.2) is 41.4 Å². The van der Waals surface area contributed by atoms with Crippen molar-refractivity contribution in [2.24, 2.45) is 5.92 Å². The monoisotopic (exact) mass is 291 g/mol. The van der Waals surface area contributed by atoms with Gasteiger partial charge in [0.2, 0.25) is 5.91 Å². The summed E-state index contributed by atoms with van der Waals surface area (Å²) in [5.74, 6) is 0.300. The summed E-state index contributed by atoms with van der Waals surface area (Å²) in [5.41, 5.74) is 0.0959. The van der Waals surface area contributed by atoms with Crippen molar-refractivity contribution in [2.75, 3.05) is 20.1 Å². The molecule has 21 heavy (non-hydrogen) atoms. The van der Waals surface area contributed by atoms with Gasteiger partial charge in [0.05, 0.1) is 5.56 Å². The molecule has 1 aliphatic rings. The molecule has 2 heterocycles. The summed E-state index contributed by atoms with van der Waals surface area (Å²) < 4.78 is 1.30. The number of rotatable bonds is 3. The maximum atomic E-state index is 12.2. The Bertz CT molecular complexity index is 586. The third-order valence-corrected chi connectivity index (χ3v) is 3.91. The summed E-state index contributed by atoms with van der Waals surface area (Å²) in [7, 11) is 1.53. The molecule has 0 bridgehead atoms. The number of hydrogen-bond acceptors (Lipinski definition) is 3. The van der Waals surface area contributed by atoms with Crippen molar-refractivity contribution in [3.8, 4) is 0 Å². The minimum absolute atomic E-state index is 0.0158. The molecular weight excluding hydrogens is 270 g/mol. The lowest BCUT2D eigenvalue weighted by Crippen LogP contribution is -2.41. The van der Waals surface area contributed by atoms with Gasteiger partial charge >= 0.3 is 0 Å². The fourth-order valence-corrected chi connectivity index (χ4v) is 2.44. The van der Waals surface area contributed by atoms with E-state index in [1.165, 1.54) is 29.9 Å². The summed E-state index contributed by atoms with van der Waals surface area (Å²) >= 11 is 0. The topological polar surface area (TPSA) is 71.4 Å². The summed E-state index contributed by atoms with van der Waals surface area (Å²) in [6.45, 7) is 3.64. The van der Waals surface area contributed by atoms with E-state index in [0.29, 0.717) is 11.5 Å². The number of hydrogen-bond donors (Lipinski definition) is 1. The second-order valence-electron chi connectivity index (χ2n) is 5.53. The van der Waals surface area contributed by atoms with Gasteiger partial charge in [-0.15, -0.1) is 0 Å². The van der Waals surface area contributed by atoms with Gasteiger partial charge in [-0.05, 0) is 24.8 Å². The molecule has 0 aliphatic carbocycles. The van der Waals surface area contributed by atoms with Crippen molar-refractivity contribution in [3.05, 3.63) is 34.2 Å². The van der Waals surface area contributed by atoms with Crippen LogP contribution in [0.3, 0.4) is 0 Å². The first-order chi connectivity index (χ1) is 10.0. The van der Waals surface area contributed by atoms with Crippen LogP contribution >= 0.6 is 0 Å². The minimum Gasteiger partial charge on any atom is -0.355 e. The van der Waals surface area contributed by atoms with E-state index in [9.17, 15) is 14.4 Å². The minimum atomic E-state index is -0.276. The van der Waals surface area contributed by atoms with E-state index >= 15 is 0 Å². The molecule has 0 unspecified atom stereocenters. The van der Waals surface area contributed by atoms with Crippen molar-refractivity contribution in [2.45, 2.75) is 26.3 Å². The van der Waals surface area contributed by atoms with E-state index < -0.39 is 0 Å². The molecule has 0 saturated carbocycles. The molecule has 2 rings (SSSR count). The van der Waals surface area contributed by atoms with Gasteiger partial charge < -0.3 is 14.8 Å². The molecule has 0 atom stereocenters. The molecule has 0 radical (unpaired) electrons. The Labute approximate surface area is 123 Å². The molecule has 0 spiro atoms. The van der Waals surface area contributed by atoms with Crippen LogP contribution in [0.5, 0.6) is 0 Å². The highest BCUT2D eigenvalue weighted by atomic mass is 16.2. The lowest BCUT2D eigenvalue weighted by molar-refractivity contribution is -0.133. The fraction of sp³-hybridized carbons (Fsp3) is 0.533. The molecule has 1 aliphatic heterocycles. The van der Waals surface area contributed by atoms with E-state index in [-0.39, 0.29) is 23.9 Å². The molecule has 6 nitrogen and oxygen atoms in total. The van der Waals surface area contributed by atoms with Crippen molar-refractivity contribution < 1.29 is 9.59 Å². The number of nitrogens with zero attached hydrogens (tertiary/aromatic N) is 2. The number of aromatic nitrogens is 1. The molecule has 2 amide bonds. The van der Waals surface area contributed by atoms with Crippen LogP contribution in [0.15, 0.2) is 23.1 Å². The Balaban J connectivity index is 2.10. The largest absolute Gasteiger partial charge is 0.355 e. The SMILES string of the molecule is CNC(=O)c1ccc(=O)n(CC(=O)N2CCC(C)CC2)c1. The van der Waals surface area contributed by atoms with E-state index in [1.807, 2.05) is 0 Å². The van der Waals surface area contributed by atoms with Crippen molar-refractivity contribution >= 4 is 11.8 Å². The molecule has 0 aromatic carbocycles. The zero-order valence-corrected chi connectivity index (χ0v) is 12.5. The maximum Gasteiger partial charge on any atom is 0.252 e. The number of likely N-dealkylation sites (tertiary alicyclic amines) is 1. The van der Waals surface area contributed by atoms with Gasteiger partial charge in [-0.1, -0.05) is 6.92 Å². The van der Waals surface area contributed by atoms with E-state index in [4.69, 9.17) is 0 Å². The lowest BCUT2D eigenvalue weighted by Gasteiger charge is -2.30. The van der Waals surface area contributed by atoms with E-state index in [0.717, 1.165) is 25.9 Å². The van der Waals surface area contributed by atoms with Gasteiger partial charge in [0.1, 0.15) is 6.54 Å². The van der Waals surface area contributed by atoms with Crippen LogP contribution in [0.4, 0.5) is 0 Å². The molecular formula is C15H21N3O3. The van der Waals surface area contributed by atoms with Gasteiger partial charge in [-0.3, -0.25) is 14.4 Å². The summed E-state index contributed by atoms with van der Waals surface area (Å²) in [4.78, 5) is 37.4. The van der Waals surface area contributed by atoms with Crippen LogP contribution in [0.25, 0.3) is 0 Å². The molecule has 1 aromatic heterocycles. The Hall–Kier alpha value is -2.11. The zero-order chi connectivity index (χ0) is 15.4. The smallest absolute Gasteiger partial charge is 0.252 e. The highest BCUT2D eigenvalue weighted by molar-refractivity contribution is 5.93. The number of carbonyl (C=O) groups excluding carboxylic acids is 2. The molecule has 1 fully saturated rings. The Morgan fingerprint density at radius 3 is 2.57 bits per heavy atom. The summed E-state index contributed by atoms with van der Waals surface area (Å²) in [6.07, 6.45) is 3.43. The quantitative estimate of drug-likeness (QED) is 0.880. The Morgan fingerprint density at radius 1 is 1.29 bits per heavy atom. The molecule has 114 valence electrons. The van der Waals surface area contributed by atoms with Gasteiger partial charge in [-0.25, -0.2) is 0 Å². The van der Waals surface area contributed by atoms with Gasteiger partial charge in [0, 0.05) is 32.4 Å². The number of nitrogens with one attached hydrogen (secondary N) is 1. The normalized spacial score (nSPS) is 15.8.